The highest BCUT2D eigenvalue weighted by atomic mass is 32.2. The number of halogens is 3. The van der Waals surface area contributed by atoms with Gasteiger partial charge in [0.2, 0.25) is 10.0 Å². The molecular weight excluding hydrogens is 419 g/mol. The van der Waals surface area contributed by atoms with Crippen molar-refractivity contribution >= 4 is 27.4 Å². The second-order valence-electron chi connectivity index (χ2n) is 7.45. The molecule has 0 unspecified atom stereocenters. The first kappa shape index (κ1) is 20.5. The fourth-order valence-corrected chi connectivity index (χ4v) is 4.86. The minimum absolute atomic E-state index is 0.0893. The van der Waals surface area contributed by atoms with Gasteiger partial charge in [-0.05, 0) is 47.9 Å². The summed E-state index contributed by atoms with van der Waals surface area (Å²) < 4.78 is 63.9. The molecule has 0 spiro atoms. The molecule has 2 aliphatic rings. The number of nitrogens with zero attached hydrogens (tertiary/aromatic N) is 3. The number of sulfonamides is 1. The van der Waals surface area contributed by atoms with E-state index in [0.29, 0.717) is 43.0 Å². The van der Waals surface area contributed by atoms with Crippen molar-refractivity contribution in [2.45, 2.75) is 19.1 Å². The highest BCUT2D eigenvalue weighted by Crippen LogP contribution is 2.34. The van der Waals surface area contributed by atoms with Crippen LogP contribution in [0.1, 0.15) is 16.7 Å². The van der Waals surface area contributed by atoms with Gasteiger partial charge in [0, 0.05) is 31.9 Å². The van der Waals surface area contributed by atoms with Gasteiger partial charge in [0.05, 0.1) is 17.5 Å². The molecule has 0 N–H and O–H groups in total. The Morgan fingerprint density at radius 2 is 1.80 bits per heavy atom. The van der Waals surface area contributed by atoms with Crippen molar-refractivity contribution in [3.05, 3.63) is 59.2 Å². The van der Waals surface area contributed by atoms with Crippen LogP contribution in [0.25, 0.3) is 0 Å². The molecule has 2 aliphatic heterocycles. The predicted molar refractivity (Wildman–Crippen MR) is 107 cm³/mol. The quantitative estimate of drug-likeness (QED) is 0.733. The van der Waals surface area contributed by atoms with Crippen molar-refractivity contribution in [1.82, 2.24) is 4.90 Å². The summed E-state index contributed by atoms with van der Waals surface area (Å²) in [7, 11) is -3.35. The zero-order valence-corrected chi connectivity index (χ0v) is 17.0. The van der Waals surface area contributed by atoms with Gasteiger partial charge in [0.25, 0.3) is 0 Å². The number of carbonyl (C=O) groups is 1. The van der Waals surface area contributed by atoms with Crippen LogP contribution in [-0.2, 0) is 29.2 Å². The van der Waals surface area contributed by atoms with Crippen molar-refractivity contribution < 1.29 is 26.4 Å². The topological polar surface area (TPSA) is 60.9 Å². The fraction of sp³-hybridized carbons (Fsp3) is 0.350. The molecule has 2 aromatic carbocycles. The summed E-state index contributed by atoms with van der Waals surface area (Å²) in [6.07, 6.45) is -2.71. The lowest BCUT2D eigenvalue weighted by Crippen LogP contribution is -2.31. The number of amides is 2. The van der Waals surface area contributed by atoms with E-state index in [1.165, 1.54) is 15.3 Å². The molecule has 0 aliphatic carbocycles. The van der Waals surface area contributed by atoms with E-state index in [1.807, 2.05) is 6.07 Å². The number of hydrogen-bond acceptors (Lipinski definition) is 3. The Balaban J connectivity index is 1.51. The van der Waals surface area contributed by atoms with Crippen LogP contribution in [0.15, 0.2) is 42.5 Å². The van der Waals surface area contributed by atoms with Crippen LogP contribution in [0, 0.1) is 0 Å². The summed E-state index contributed by atoms with van der Waals surface area (Å²) in [6.45, 7) is 1.26. The summed E-state index contributed by atoms with van der Waals surface area (Å²) in [4.78, 5) is 15.9. The molecule has 0 saturated carbocycles. The molecule has 0 atom stereocenters. The number of hydrogen-bond donors (Lipinski definition) is 0. The first-order valence-corrected chi connectivity index (χ1v) is 11.2. The maximum Gasteiger partial charge on any atom is 0.416 e. The molecule has 160 valence electrons. The summed E-state index contributed by atoms with van der Waals surface area (Å²) in [5.74, 6) is 0. The standard InChI is InChI=1S/C20H20F3N3O3S/c1-30(28,29)26-8-7-15-12-17(5-6-18(15)26)25-10-9-24(19(25)27)13-14-3-2-4-16(11-14)20(21,22)23/h2-6,11-12H,7-10,13H2,1H3. The Labute approximate surface area is 172 Å². The SMILES string of the molecule is CS(=O)(=O)N1CCc2cc(N3CCN(Cc4cccc(C(F)(F)F)c4)C3=O)ccc21. The van der Waals surface area contributed by atoms with Gasteiger partial charge in [0.15, 0.2) is 0 Å². The highest BCUT2D eigenvalue weighted by Gasteiger charge is 2.33. The van der Waals surface area contributed by atoms with E-state index < -0.39 is 21.8 Å². The van der Waals surface area contributed by atoms with Gasteiger partial charge in [-0.15, -0.1) is 0 Å². The first-order valence-electron chi connectivity index (χ1n) is 9.37. The van der Waals surface area contributed by atoms with Gasteiger partial charge in [0.1, 0.15) is 0 Å². The minimum Gasteiger partial charge on any atom is -0.318 e. The van der Waals surface area contributed by atoms with Crippen molar-refractivity contribution in [2.24, 2.45) is 0 Å². The van der Waals surface area contributed by atoms with Crippen molar-refractivity contribution in [3.8, 4) is 0 Å². The zero-order chi connectivity index (χ0) is 21.7. The van der Waals surface area contributed by atoms with Crippen LogP contribution in [0.3, 0.4) is 0 Å². The number of urea groups is 1. The Kier molecular flexibility index (Phi) is 4.92. The molecular formula is C20H20F3N3O3S. The molecule has 30 heavy (non-hydrogen) atoms. The van der Waals surface area contributed by atoms with E-state index >= 15 is 0 Å². The Hall–Kier alpha value is -2.75. The molecule has 0 bridgehead atoms. The summed E-state index contributed by atoms with van der Waals surface area (Å²) in [5.41, 5.74) is 1.80. The lowest BCUT2D eigenvalue weighted by molar-refractivity contribution is -0.137. The van der Waals surface area contributed by atoms with E-state index in [9.17, 15) is 26.4 Å². The van der Waals surface area contributed by atoms with Crippen LogP contribution in [0.2, 0.25) is 0 Å². The number of alkyl halides is 3. The smallest absolute Gasteiger partial charge is 0.318 e. The van der Waals surface area contributed by atoms with Gasteiger partial charge in [-0.1, -0.05) is 12.1 Å². The second kappa shape index (κ2) is 7.19. The van der Waals surface area contributed by atoms with Gasteiger partial charge in [-0.2, -0.15) is 13.2 Å². The number of rotatable bonds is 4. The van der Waals surface area contributed by atoms with Gasteiger partial charge < -0.3 is 4.90 Å². The second-order valence-corrected chi connectivity index (χ2v) is 9.36. The normalized spacial score (nSPS) is 17.1. The van der Waals surface area contributed by atoms with Crippen LogP contribution >= 0.6 is 0 Å². The third kappa shape index (κ3) is 3.83. The summed E-state index contributed by atoms with van der Waals surface area (Å²) in [5, 5.41) is 0. The van der Waals surface area contributed by atoms with Crippen LogP contribution in [0.5, 0.6) is 0 Å². The maximum absolute atomic E-state index is 12.9. The van der Waals surface area contributed by atoms with Gasteiger partial charge in [-0.25, -0.2) is 13.2 Å². The molecule has 4 rings (SSSR count). The molecule has 2 heterocycles. The average Bonchev–Trinajstić information content (AvgIpc) is 3.25. The fourth-order valence-electron chi connectivity index (χ4n) is 3.91. The van der Waals surface area contributed by atoms with Crippen LogP contribution in [-0.4, -0.2) is 45.2 Å². The molecule has 0 aromatic heterocycles. The number of anilines is 2. The Morgan fingerprint density at radius 3 is 2.50 bits per heavy atom. The van der Waals surface area contributed by atoms with E-state index in [0.717, 1.165) is 24.0 Å². The Bertz CT molecular complexity index is 1100. The zero-order valence-electron chi connectivity index (χ0n) is 16.2. The van der Waals surface area contributed by atoms with E-state index in [1.54, 1.807) is 23.1 Å². The van der Waals surface area contributed by atoms with Crippen LogP contribution in [0.4, 0.5) is 29.3 Å². The lowest BCUT2D eigenvalue weighted by Gasteiger charge is -2.21. The lowest BCUT2D eigenvalue weighted by atomic mass is 10.1. The highest BCUT2D eigenvalue weighted by molar-refractivity contribution is 7.92. The van der Waals surface area contributed by atoms with Gasteiger partial charge >= 0.3 is 12.2 Å². The number of carbonyl (C=O) groups excluding carboxylic acids is 1. The monoisotopic (exact) mass is 439 g/mol. The van der Waals surface area contributed by atoms with E-state index in [-0.39, 0.29) is 12.6 Å². The maximum atomic E-state index is 12.9. The molecule has 10 heteroatoms. The van der Waals surface area contributed by atoms with Gasteiger partial charge in [-0.3, -0.25) is 9.21 Å². The van der Waals surface area contributed by atoms with Crippen LogP contribution < -0.4 is 9.21 Å². The van der Waals surface area contributed by atoms with Crippen molar-refractivity contribution in [2.75, 3.05) is 35.1 Å². The third-order valence-electron chi connectivity index (χ3n) is 5.35. The average molecular weight is 439 g/mol. The van der Waals surface area contributed by atoms with E-state index in [4.69, 9.17) is 0 Å². The summed E-state index contributed by atoms with van der Waals surface area (Å²) in [6, 6.07) is 9.90. The van der Waals surface area contributed by atoms with Crippen molar-refractivity contribution in [1.29, 1.82) is 0 Å². The number of benzene rings is 2. The van der Waals surface area contributed by atoms with E-state index in [2.05, 4.69) is 0 Å². The molecule has 2 aromatic rings. The summed E-state index contributed by atoms with van der Waals surface area (Å²) >= 11 is 0. The first-order chi connectivity index (χ1) is 14.0. The molecule has 1 fully saturated rings. The molecule has 0 radical (unpaired) electrons. The Morgan fingerprint density at radius 1 is 1.03 bits per heavy atom. The third-order valence-corrected chi connectivity index (χ3v) is 6.53. The van der Waals surface area contributed by atoms with Crippen molar-refractivity contribution in [3.63, 3.8) is 0 Å². The largest absolute Gasteiger partial charge is 0.416 e. The predicted octanol–water partition coefficient (Wildman–Crippen LogP) is 3.47. The number of fused-ring (bicyclic) bond motifs is 1. The minimum atomic E-state index is -4.43. The molecule has 6 nitrogen and oxygen atoms in total. The molecule has 1 saturated heterocycles. The molecule has 2 amide bonds.